The maximum absolute atomic E-state index is 13.4. The van der Waals surface area contributed by atoms with Crippen molar-refractivity contribution in [2.45, 2.75) is 39.0 Å². The number of halogens is 1. The second-order valence-electron chi connectivity index (χ2n) is 10.3. The molecule has 2 fully saturated rings. The van der Waals surface area contributed by atoms with Crippen LogP contribution in [0.3, 0.4) is 0 Å². The van der Waals surface area contributed by atoms with Gasteiger partial charge in [0, 0.05) is 48.7 Å². The molecule has 0 N–H and O–H groups in total. The molecule has 182 valence electrons. The van der Waals surface area contributed by atoms with Crippen molar-refractivity contribution in [2.24, 2.45) is 11.3 Å². The molecule has 3 heterocycles. The number of rotatable bonds is 4. The average Bonchev–Trinajstić information content (AvgIpc) is 2.89. The van der Waals surface area contributed by atoms with Crippen LogP contribution in [0, 0.1) is 17.2 Å². The molecule has 5 rings (SSSR count). The topological polar surface area (TPSA) is 53.5 Å². The first-order chi connectivity index (χ1) is 16.9. The fourth-order valence-electron chi connectivity index (χ4n) is 5.50. The van der Waals surface area contributed by atoms with Gasteiger partial charge in [-0.2, -0.15) is 0 Å². The lowest BCUT2D eigenvalue weighted by Gasteiger charge is -2.43. The van der Waals surface area contributed by atoms with Crippen molar-refractivity contribution in [1.82, 2.24) is 14.8 Å². The molecule has 1 aromatic heterocycles. The van der Waals surface area contributed by atoms with Crippen molar-refractivity contribution < 1.29 is 14.0 Å². The Balaban J connectivity index is 1.13. The van der Waals surface area contributed by atoms with Gasteiger partial charge in [-0.25, -0.2) is 4.39 Å². The molecule has 0 atom stereocenters. The van der Waals surface area contributed by atoms with E-state index in [4.69, 9.17) is 0 Å². The number of aromatic nitrogens is 1. The third kappa shape index (κ3) is 5.07. The van der Waals surface area contributed by atoms with Gasteiger partial charge in [-0.05, 0) is 86.1 Å². The van der Waals surface area contributed by atoms with E-state index < -0.39 is 5.41 Å². The van der Waals surface area contributed by atoms with Crippen molar-refractivity contribution in [2.75, 3.05) is 26.2 Å². The van der Waals surface area contributed by atoms with Crippen LogP contribution in [-0.2, 0) is 11.2 Å². The summed E-state index contributed by atoms with van der Waals surface area (Å²) in [6.45, 7) is 4.74. The van der Waals surface area contributed by atoms with Crippen LogP contribution in [-0.4, -0.2) is 52.8 Å². The Kier molecular flexibility index (Phi) is 6.54. The first-order valence-electron chi connectivity index (χ1n) is 12.6. The molecule has 2 saturated heterocycles. The van der Waals surface area contributed by atoms with Crippen LogP contribution in [0.15, 0.2) is 60.8 Å². The number of hydrogen-bond donors (Lipinski definition) is 0. The monoisotopic (exact) mass is 473 g/mol. The van der Waals surface area contributed by atoms with Crippen LogP contribution in [0.25, 0.3) is 10.9 Å². The Labute approximate surface area is 205 Å². The standard InChI is InChI=1S/C29H32FN3O2/c1-29(12-17-32(18-13-29)27(34)23-5-7-25(30)8-6-23)28(35)33-15-10-21(11-16-33)19-22-4-9-26-24(20-22)3-2-14-31-26/h2-9,14,20-21H,10-13,15-19H2,1H3. The van der Waals surface area contributed by atoms with E-state index in [1.165, 1.54) is 35.2 Å². The predicted molar refractivity (Wildman–Crippen MR) is 134 cm³/mol. The Morgan fingerprint density at radius 3 is 2.40 bits per heavy atom. The van der Waals surface area contributed by atoms with Gasteiger partial charge in [0.15, 0.2) is 0 Å². The second kappa shape index (κ2) is 9.76. The summed E-state index contributed by atoms with van der Waals surface area (Å²) in [7, 11) is 0. The molecule has 0 saturated carbocycles. The van der Waals surface area contributed by atoms with Gasteiger partial charge in [-0.3, -0.25) is 14.6 Å². The zero-order chi connectivity index (χ0) is 24.4. The van der Waals surface area contributed by atoms with E-state index in [-0.39, 0.29) is 17.6 Å². The van der Waals surface area contributed by atoms with Crippen molar-refractivity contribution >= 4 is 22.7 Å². The van der Waals surface area contributed by atoms with E-state index in [9.17, 15) is 14.0 Å². The molecule has 3 aromatic rings. The van der Waals surface area contributed by atoms with Gasteiger partial charge in [-0.15, -0.1) is 0 Å². The van der Waals surface area contributed by atoms with Gasteiger partial charge < -0.3 is 9.80 Å². The van der Waals surface area contributed by atoms with E-state index in [1.807, 2.05) is 24.1 Å². The Bertz CT molecular complexity index is 1210. The van der Waals surface area contributed by atoms with E-state index in [0.717, 1.165) is 37.9 Å². The third-order valence-corrected chi connectivity index (χ3v) is 7.86. The highest BCUT2D eigenvalue weighted by Crippen LogP contribution is 2.35. The molecule has 2 aromatic carbocycles. The number of carbonyl (C=O) groups excluding carboxylic acids is 2. The number of hydrogen-bond acceptors (Lipinski definition) is 3. The maximum atomic E-state index is 13.4. The highest BCUT2D eigenvalue weighted by atomic mass is 19.1. The van der Waals surface area contributed by atoms with E-state index in [0.29, 0.717) is 37.4 Å². The number of benzene rings is 2. The summed E-state index contributed by atoms with van der Waals surface area (Å²) in [5.41, 5.74) is 2.42. The molecule has 0 aliphatic carbocycles. The van der Waals surface area contributed by atoms with Crippen molar-refractivity contribution in [3.05, 3.63) is 77.7 Å². The van der Waals surface area contributed by atoms with Crippen molar-refractivity contribution in [1.29, 1.82) is 0 Å². The summed E-state index contributed by atoms with van der Waals surface area (Å²) in [4.78, 5) is 34.4. The van der Waals surface area contributed by atoms with Crippen LogP contribution in [0.1, 0.15) is 48.5 Å². The third-order valence-electron chi connectivity index (χ3n) is 7.86. The van der Waals surface area contributed by atoms with Gasteiger partial charge in [0.1, 0.15) is 5.82 Å². The molecule has 0 unspecified atom stereocenters. The SMILES string of the molecule is CC1(C(=O)N2CCC(Cc3ccc4ncccc4c3)CC2)CCN(C(=O)c2ccc(F)cc2)CC1. The summed E-state index contributed by atoms with van der Waals surface area (Å²) in [5.74, 6) is 0.360. The highest BCUT2D eigenvalue weighted by Gasteiger charge is 2.41. The number of likely N-dealkylation sites (tertiary alicyclic amines) is 2. The smallest absolute Gasteiger partial charge is 0.253 e. The summed E-state index contributed by atoms with van der Waals surface area (Å²) >= 11 is 0. The molecule has 2 amide bonds. The van der Waals surface area contributed by atoms with Crippen molar-refractivity contribution in [3.8, 4) is 0 Å². The second-order valence-corrected chi connectivity index (χ2v) is 10.3. The van der Waals surface area contributed by atoms with Gasteiger partial charge in [-0.1, -0.05) is 19.1 Å². The van der Waals surface area contributed by atoms with Crippen LogP contribution in [0.5, 0.6) is 0 Å². The van der Waals surface area contributed by atoms with Gasteiger partial charge in [0.25, 0.3) is 5.91 Å². The molecular formula is C29H32FN3O2. The fourth-order valence-corrected chi connectivity index (χ4v) is 5.50. The average molecular weight is 474 g/mol. The van der Waals surface area contributed by atoms with Crippen LogP contribution in [0.2, 0.25) is 0 Å². The minimum absolute atomic E-state index is 0.0928. The Hall–Kier alpha value is -3.28. The normalized spacial score (nSPS) is 18.6. The number of carbonyl (C=O) groups is 2. The summed E-state index contributed by atoms with van der Waals surface area (Å²) < 4.78 is 13.2. The molecule has 0 bridgehead atoms. The van der Waals surface area contributed by atoms with Gasteiger partial charge in [0.2, 0.25) is 5.91 Å². The van der Waals surface area contributed by atoms with Crippen LogP contribution >= 0.6 is 0 Å². The van der Waals surface area contributed by atoms with Crippen molar-refractivity contribution in [3.63, 3.8) is 0 Å². The zero-order valence-electron chi connectivity index (χ0n) is 20.3. The Morgan fingerprint density at radius 2 is 1.69 bits per heavy atom. The number of nitrogens with zero attached hydrogens (tertiary/aromatic N) is 3. The van der Waals surface area contributed by atoms with E-state index in [2.05, 4.69) is 29.2 Å². The first kappa shape index (κ1) is 23.5. The minimum Gasteiger partial charge on any atom is -0.342 e. The largest absolute Gasteiger partial charge is 0.342 e. The lowest BCUT2D eigenvalue weighted by Crippen LogP contribution is -2.51. The molecule has 2 aliphatic rings. The summed E-state index contributed by atoms with van der Waals surface area (Å²) in [6.07, 6.45) is 6.20. The van der Waals surface area contributed by atoms with Gasteiger partial charge >= 0.3 is 0 Å². The minimum atomic E-state index is -0.433. The summed E-state index contributed by atoms with van der Waals surface area (Å²) in [6, 6.07) is 16.3. The Morgan fingerprint density at radius 1 is 0.971 bits per heavy atom. The van der Waals surface area contributed by atoms with Crippen LogP contribution < -0.4 is 0 Å². The predicted octanol–water partition coefficient (Wildman–Crippen LogP) is 5.10. The zero-order valence-corrected chi connectivity index (χ0v) is 20.3. The number of amides is 2. The highest BCUT2D eigenvalue weighted by molar-refractivity contribution is 5.94. The molecule has 5 nitrogen and oxygen atoms in total. The molecule has 35 heavy (non-hydrogen) atoms. The lowest BCUT2D eigenvalue weighted by atomic mass is 9.78. The van der Waals surface area contributed by atoms with E-state index in [1.54, 1.807) is 4.90 Å². The number of piperidine rings is 2. The van der Waals surface area contributed by atoms with E-state index >= 15 is 0 Å². The maximum Gasteiger partial charge on any atom is 0.253 e. The van der Waals surface area contributed by atoms with Gasteiger partial charge in [0.05, 0.1) is 5.52 Å². The molecule has 6 heteroatoms. The van der Waals surface area contributed by atoms with Crippen LogP contribution in [0.4, 0.5) is 4.39 Å². The quantitative estimate of drug-likeness (QED) is 0.530. The molecule has 0 radical (unpaired) electrons. The molecule has 0 spiro atoms. The first-order valence-corrected chi connectivity index (χ1v) is 12.6. The molecule has 2 aliphatic heterocycles. The fraction of sp³-hybridized carbons (Fsp3) is 0.414. The lowest BCUT2D eigenvalue weighted by molar-refractivity contribution is -0.145. The number of fused-ring (bicyclic) bond motifs is 1. The summed E-state index contributed by atoms with van der Waals surface area (Å²) in [5, 5.41) is 1.18. The molecular weight excluding hydrogens is 441 g/mol. The number of pyridine rings is 1.